The van der Waals surface area contributed by atoms with E-state index in [1.54, 1.807) is 32.0 Å². The Hall–Kier alpha value is -2.05. The Morgan fingerprint density at radius 2 is 1.69 bits per heavy atom. The van der Waals surface area contributed by atoms with Crippen LogP contribution < -0.4 is 9.62 Å². The van der Waals surface area contributed by atoms with Gasteiger partial charge in [-0.05, 0) is 68.5 Å². The standard InChI is InChI=1S/C22H29ClN2O3S/c1-7-20(22(26)24-17(5)18-10-8-14(2)16(4)12-18)25(29(6,27)28)21-13-19(23)11-9-15(21)3/h8-13,17,20H,7H2,1-6H3,(H,24,26)/t17-,20-/m0/s1. The quantitative estimate of drug-likeness (QED) is 0.684. The third-order valence-electron chi connectivity index (χ3n) is 5.13. The van der Waals surface area contributed by atoms with Crippen LogP contribution in [0.5, 0.6) is 0 Å². The summed E-state index contributed by atoms with van der Waals surface area (Å²) in [5, 5.41) is 3.39. The van der Waals surface area contributed by atoms with Crippen LogP contribution in [0.4, 0.5) is 5.69 Å². The van der Waals surface area contributed by atoms with Gasteiger partial charge in [0.1, 0.15) is 6.04 Å². The number of halogens is 1. The average molecular weight is 437 g/mol. The van der Waals surface area contributed by atoms with Crippen LogP contribution in [0.3, 0.4) is 0 Å². The molecule has 1 amide bonds. The Balaban J connectivity index is 2.38. The van der Waals surface area contributed by atoms with Gasteiger partial charge in [-0.15, -0.1) is 0 Å². The van der Waals surface area contributed by atoms with E-state index in [0.29, 0.717) is 17.1 Å². The summed E-state index contributed by atoms with van der Waals surface area (Å²) in [4.78, 5) is 13.1. The van der Waals surface area contributed by atoms with Crippen molar-refractivity contribution in [3.8, 4) is 0 Å². The molecule has 0 radical (unpaired) electrons. The van der Waals surface area contributed by atoms with Crippen LogP contribution in [0, 0.1) is 20.8 Å². The van der Waals surface area contributed by atoms with E-state index in [1.807, 2.05) is 39.0 Å². The van der Waals surface area contributed by atoms with Gasteiger partial charge in [0.05, 0.1) is 18.0 Å². The predicted molar refractivity (Wildman–Crippen MR) is 120 cm³/mol. The van der Waals surface area contributed by atoms with E-state index in [0.717, 1.165) is 22.9 Å². The zero-order valence-corrected chi connectivity index (χ0v) is 19.4. The van der Waals surface area contributed by atoms with Crippen molar-refractivity contribution in [2.75, 3.05) is 10.6 Å². The Morgan fingerprint density at radius 3 is 2.24 bits per heavy atom. The molecule has 1 N–H and O–H groups in total. The summed E-state index contributed by atoms with van der Waals surface area (Å²) in [5.74, 6) is -0.344. The smallest absolute Gasteiger partial charge is 0.244 e. The summed E-state index contributed by atoms with van der Waals surface area (Å²) in [7, 11) is -3.71. The monoisotopic (exact) mass is 436 g/mol. The second kappa shape index (κ2) is 9.18. The highest BCUT2D eigenvalue weighted by atomic mass is 35.5. The predicted octanol–water partition coefficient (Wildman–Crippen LogP) is 4.69. The Bertz CT molecular complexity index is 1010. The van der Waals surface area contributed by atoms with Gasteiger partial charge < -0.3 is 5.32 Å². The van der Waals surface area contributed by atoms with Crippen molar-refractivity contribution in [2.24, 2.45) is 0 Å². The fourth-order valence-corrected chi connectivity index (χ4v) is 4.71. The summed E-state index contributed by atoms with van der Waals surface area (Å²) in [6, 6.07) is 9.93. The van der Waals surface area contributed by atoms with E-state index in [2.05, 4.69) is 5.32 Å². The van der Waals surface area contributed by atoms with E-state index >= 15 is 0 Å². The zero-order chi connectivity index (χ0) is 21.9. The number of hydrogen-bond acceptors (Lipinski definition) is 3. The van der Waals surface area contributed by atoms with Crippen molar-refractivity contribution in [1.29, 1.82) is 0 Å². The topological polar surface area (TPSA) is 66.5 Å². The number of nitrogens with one attached hydrogen (secondary N) is 1. The van der Waals surface area contributed by atoms with Crippen LogP contribution in [-0.2, 0) is 14.8 Å². The molecule has 7 heteroatoms. The van der Waals surface area contributed by atoms with Gasteiger partial charge in [-0.25, -0.2) is 8.42 Å². The lowest BCUT2D eigenvalue weighted by Gasteiger charge is -2.32. The average Bonchev–Trinajstić information content (AvgIpc) is 2.62. The molecule has 0 aliphatic carbocycles. The number of carbonyl (C=O) groups excluding carboxylic acids is 1. The first kappa shape index (κ1) is 23.2. The molecule has 0 aliphatic rings. The largest absolute Gasteiger partial charge is 0.348 e. The maximum Gasteiger partial charge on any atom is 0.244 e. The van der Waals surface area contributed by atoms with Gasteiger partial charge in [0.15, 0.2) is 0 Å². The van der Waals surface area contributed by atoms with Gasteiger partial charge >= 0.3 is 0 Å². The maximum atomic E-state index is 13.1. The molecule has 29 heavy (non-hydrogen) atoms. The van der Waals surface area contributed by atoms with Crippen molar-refractivity contribution in [3.05, 3.63) is 63.7 Å². The number of aryl methyl sites for hydroxylation is 3. The molecule has 5 nitrogen and oxygen atoms in total. The molecule has 0 heterocycles. The van der Waals surface area contributed by atoms with Crippen LogP contribution in [-0.4, -0.2) is 26.6 Å². The molecular formula is C22H29ClN2O3S. The van der Waals surface area contributed by atoms with Crippen molar-refractivity contribution in [2.45, 2.75) is 53.1 Å². The summed E-state index contributed by atoms with van der Waals surface area (Å²) < 4.78 is 26.5. The molecule has 2 rings (SSSR count). The highest BCUT2D eigenvalue weighted by Crippen LogP contribution is 2.29. The van der Waals surface area contributed by atoms with Gasteiger partial charge in [0.2, 0.25) is 15.9 Å². The minimum absolute atomic E-state index is 0.252. The van der Waals surface area contributed by atoms with Crippen LogP contribution in [0.1, 0.15) is 48.6 Å². The number of rotatable bonds is 7. The van der Waals surface area contributed by atoms with Gasteiger partial charge in [-0.1, -0.05) is 42.8 Å². The molecule has 0 fully saturated rings. The minimum Gasteiger partial charge on any atom is -0.348 e. The molecule has 2 atom stereocenters. The Labute approximate surface area is 179 Å². The Morgan fingerprint density at radius 1 is 1.07 bits per heavy atom. The number of amides is 1. The zero-order valence-electron chi connectivity index (χ0n) is 17.8. The van der Waals surface area contributed by atoms with E-state index in [-0.39, 0.29) is 11.9 Å². The number of sulfonamides is 1. The third-order valence-corrected chi connectivity index (χ3v) is 6.53. The summed E-state index contributed by atoms with van der Waals surface area (Å²) in [5.41, 5.74) is 4.44. The number of carbonyl (C=O) groups is 1. The SMILES string of the molecule is CC[C@@H](C(=O)N[C@@H](C)c1ccc(C)c(C)c1)N(c1cc(Cl)ccc1C)S(C)(=O)=O. The molecule has 0 aromatic heterocycles. The van der Waals surface area contributed by atoms with E-state index in [1.165, 1.54) is 9.87 Å². The minimum atomic E-state index is -3.71. The van der Waals surface area contributed by atoms with Crippen molar-refractivity contribution >= 4 is 33.2 Å². The maximum absolute atomic E-state index is 13.1. The van der Waals surface area contributed by atoms with Crippen LogP contribution in [0.25, 0.3) is 0 Å². The fourth-order valence-electron chi connectivity index (χ4n) is 3.28. The van der Waals surface area contributed by atoms with Crippen molar-refractivity contribution < 1.29 is 13.2 Å². The second-order valence-electron chi connectivity index (χ2n) is 7.49. The van der Waals surface area contributed by atoms with E-state index in [9.17, 15) is 13.2 Å². The molecule has 0 saturated heterocycles. The number of hydrogen-bond donors (Lipinski definition) is 1. The lowest BCUT2D eigenvalue weighted by molar-refractivity contribution is -0.122. The highest BCUT2D eigenvalue weighted by Gasteiger charge is 2.33. The first-order valence-corrected chi connectivity index (χ1v) is 11.8. The molecule has 0 saturated carbocycles. The van der Waals surface area contributed by atoms with Crippen LogP contribution in [0.2, 0.25) is 5.02 Å². The molecule has 0 spiro atoms. The first-order chi connectivity index (χ1) is 13.5. The van der Waals surface area contributed by atoms with Crippen LogP contribution in [0.15, 0.2) is 36.4 Å². The molecule has 2 aromatic rings. The van der Waals surface area contributed by atoms with Gasteiger partial charge in [0, 0.05) is 5.02 Å². The van der Waals surface area contributed by atoms with Gasteiger partial charge in [-0.2, -0.15) is 0 Å². The van der Waals surface area contributed by atoms with E-state index in [4.69, 9.17) is 11.6 Å². The lowest BCUT2D eigenvalue weighted by Crippen LogP contribution is -2.50. The molecule has 0 aliphatic heterocycles. The number of nitrogens with zero attached hydrogens (tertiary/aromatic N) is 1. The second-order valence-corrected chi connectivity index (χ2v) is 9.78. The molecule has 158 valence electrons. The first-order valence-electron chi connectivity index (χ1n) is 9.58. The lowest BCUT2D eigenvalue weighted by atomic mass is 10.0. The summed E-state index contributed by atoms with van der Waals surface area (Å²) >= 11 is 6.11. The number of anilines is 1. The Kier molecular flexibility index (Phi) is 7.35. The molecular weight excluding hydrogens is 408 g/mol. The third kappa shape index (κ3) is 5.52. The van der Waals surface area contributed by atoms with Gasteiger partial charge in [-0.3, -0.25) is 9.10 Å². The van der Waals surface area contributed by atoms with Gasteiger partial charge in [0.25, 0.3) is 0 Å². The van der Waals surface area contributed by atoms with Crippen molar-refractivity contribution in [1.82, 2.24) is 5.32 Å². The summed E-state index contributed by atoms with van der Waals surface area (Å²) in [6.07, 6.45) is 1.43. The summed E-state index contributed by atoms with van der Waals surface area (Å²) in [6.45, 7) is 9.54. The molecule has 2 aromatic carbocycles. The normalized spacial score (nSPS) is 13.6. The van der Waals surface area contributed by atoms with E-state index < -0.39 is 16.1 Å². The van der Waals surface area contributed by atoms with Crippen LogP contribution >= 0.6 is 11.6 Å². The van der Waals surface area contributed by atoms with Crippen molar-refractivity contribution in [3.63, 3.8) is 0 Å². The molecule has 0 bridgehead atoms. The number of benzene rings is 2. The highest BCUT2D eigenvalue weighted by molar-refractivity contribution is 7.92. The molecule has 0 unspecified atom stereocenters. The fraction of sp³-hybridized carbons (Fsp3) is 0.409.